The van der Waals surface area contributed by atoms with Gasteiger partial charge in [-0.3, -0.25) is 0 Å². The highest BCUT2D eigenvalue weighted by atomic mass is 35.5. The van der Waals surface area contributed by atoms with Gasteiger partial charge in [-0.25, -0.2) is 13.8 Å². The van der Waals surface area contributed by atoms with E-state index in [1.165, 1.54) is 6.07 Å². The average Bonchev–Trinajstić information content (AvgIpc) is 2.16. The first-order valence-electron chi connectivity index (χ1n) is 3.53. The molecule has 0 saturated carbocycles. The van der Waals surface area contributed by atoms with E-state index in [0.717, 1.165) is 6.07 Å². The van der Waals surface area contributed by atoms with Gasteiger partial charge < -0.3 is 0 Å². The Hall–Kier alpha value is -1.28. The lowest BCUT2D eigenvalue weighted by molar-refractivity contribution is 0.150. The molecule has 2 nitrogen and oxygen atoms in total. The predicted molar refractivity (Wildman–Crippen MR) is 43.4 cm³/mol. The van der Waals surface area contributed by atoms with E-state index in [1.54, 1.807) is 0 Å². The Morgan fingerprint density at radius 3 is 2.64 bits per heavy atom. The second kappa shape index (κ2) is 4.29. The molecule has 0 atom stereocenters. The molecule has 1 aromatic heterocycles. The summed E-state index contributed by atoms with van der Waals surface area (Å²) in [6, 6.07) is 2.27. The van der Waals surface area contributed by atoms with Gasteiger partial charge in [0, 0.05) is 5.56 Å². The Morgan fingerprint density at radius 1 is 1.57 bits per heavy atom. The van der Waals surface area contributed by atoms with Crippen LogP contribution in [-0.4, -0.2) is 4.98 Å². The molecule has 1 aromatic rings. The van der Waals surface area contributed by atoms with Crippen molar-refractivity contribution in [3.63, 3.8) is 0 Å². The molecule has 0 aliphatic carbocycles. The van der Waals surface area contributed by atoms with Gasteiger partial charge in [0.2, 0.25) is 5.95 Å². The number of rotatable bonds is 2. The van der Waals surface area contributed by atoms with E-state index in [0.29, 0.717) is 0 Å². The monoisotopic (exact) mass is 220 g/mol. The van der Waals surface area contributed by atoms with Crippen LogP contribution in [0.15, 0.2) is 6.07 Å². The van der Waals surface area contributed by atoms with Gasteiger partial charge in [0.1, 0.15) is 11.6 Å². The smallest absolute Gasteiger partial charge is 0.222 e. The molecule has 0 saturated heterocycles. The topological polar surface area (TPSA) is 36.7 Å². The fourth-order valence-corrected chi connectivity index (χ4v) is 1.07. The number of nitrogens with zero attached hydrogens (tertiary/aromatic N) is 2. The second-order valence-corrected chi connectivity index (χ2v) is 2.68. The SMILES string of the molecule is N#Cc1c(C(F)F)cc(CCl)nc1F. The van der Waals surface area contributed by atoms with Crippen molar-refractivity contribution in [2.45, 2.75) is 12.3 Å². The first kappa shape index (κ1) is 10.8. The minimum atomic E-state index is -2.91. The summed E-state index contributed by atoms with van der Waals surface area (Å²) in [6.45, 7) is 0. The van der Waals surface area contributed by atoms with Crippen LogP contribution >= 0.6 is 11.6 Å². The van der Waals surface area contributed by atoms with Gasteiger partial charge in [-0.1, -0.05) is 0 Å². The predicted octanol–water partition coefficient (Wildman–Crippen LogP) is 2.77. The Morgan fingerprint density at radius 2 is 2.21 bits per heavy atom. The molecule has 0 amide bonds. The Kier molecular flexibility index (Phi) is 3.31. The van der Waals surface area contributed by atoms with Gasteiger partial charge in [-0.15, -0.1) is 11.6 Å². The lowest BCUT2D eigenvalue weighted by Gasteiger charge is -2.04. The normalized spacial score (nSPS) is 10.3. The van der Waals surface area contributed by atoms with E-state index in [-0.39, 0.29) is 11.6 Å². The van der Waals surface area contributed by atoms with E-state index < -0.39 is 23.5 Å². The molecule has 1 rings (SSSR count). The molecule has 0 bridgehead atoms. The summed E-state index contributed by atoms with van der Waals surface area (Å²) in [7, 11) is 0. The molecule has 1 heterocycles. The lowest BCUT2D eigenvalue weighted by Crippen LogP contribution is -2.01. The summed E-state index contributed by atoms with van der Waals surface area (Å²) in [4.78, 5) is 3.25. The van der Waals surface area contributed by atoms with Crippen LogP contribution in [0.4, 0.5) is 13.2 Å². The van der Waals surface area contributed by atoms with Gasteiger partial charge in [0.05, 0.1) is 11.6 Å². The average molecular weight is 221 g/mol. The molecule has 6 heteroatoms. The van der Waals surface area contributed by atoms with Gasteiger partial charge >= 0.3 is 0 Å². The molecule has 0 aliphatic heterocycles. The second-order valence-electron chi connectivity index (χ2n) is 2.41. The molecule has 0 aliphatic rings. The third kappa shape index (κ3) is 1.96. The summed E-state index contributed by atoms with van der Waals surface area (Å²) < 4.78 is 37.6. The van der Waals surface area contributed by atoms with E-state index in [1.807, 2.05) is 0 Å². The van der Waals surface area contributed by atoms with Crippen LogP contribution in [0.1, 0.15) is 23.2 Å². The van der Waals surface area contributed by atoms with Crippen molar-refractivity contribution in [3.8, 4) is 6.07 Å². The maximum absolute atomic E-state index is 12.9. The van der Waals surface area contributed by atoms with Gasteiger partial charge in [0.15, 0.2) is 0 Å². The zero-order valence-electron chi connectivity index (χ0n) is 6.77. The van der Waals surface area contributed by atoms with E-state index in [4.69, 9.17) is 16.9 Å². The molecule has 0 N–H and O–H groups in total. The number of nitriles is 1. The highest BCUT2D eigenvalue weighted by Crippen LogP contribution is 2.24. The van der Waals surface area contributed by atoms with Crippen molar-refractivity contribution < 1.29 is 13.2 Å². The molecule has 0 spiro atoms. The first-order chi connectivity index (χ1) is 6.60. The van der Waals surface area contributed by atoms with Crippen LogP contribution < -0.4 is 0 Å². The summed E-state index contributed by atoms with van der Waals surface area (Å²) in [5.41, 5.74) is -1.41. The minimum Gasteiger partial charge on any atom is -0.222 e. The fourth-order valence-electron chi connectivity index (χ4n) is 0.936. The number of pyridine rings is 1. The van der Waals surface area contributed by atoms with Crippen molar-refractivity contribution in [1.29, 1.82) is 5.26 Å². The van der Waals surface area contributed by atoms with Crippen LogP contribution in [-0.2, 0) is 5.88 Å². The number of alkyl halides is 3. The van der Waals surface area contributed by atoms with Crippen LogP contribution in [0, 0.1) is 17.3 Å². The first-order valence-corrected chi connectivity index (χ1v) is 4.07. The molecule has 14 heavy (non-hydrogen) atoms. The maximum Gasteiger partial charge on any atom is 0.265 e. The zero-order chi connectivity index (χ0) is 10.7. The molecular weight excluding hydrogens is 217 g/mol. The van der Waals surface area contributed by atoms with E-state index >= 15 is 0 Å². The lowest BCUT2D eigenvalue weighted by atomic mass is 10.1. The summed E-state index contributed by atoms with van der Waals surface area (Å²) in [5.74, 6) is -1.39. The Balaban J connectivity index is 3.37. The molecule has 0 fully saturated rings. The number of hydrogen-bond acceptors (Lipinski definition) is 2. The molecule has 0 unspecified atom stereocenters. The molecular formula is C8H4ClF3N2. The van der Waals surface area contributed by atoms with Crippen LogP contribution in [0.3, 0.4) is 0 Å². The van der Waals surface area contributed by atoms with Crippen LogP contribution in [0.2, 0.25) is 0 Å². The molecule has 74 valence electrons. The van der Waals surface area contributed by atoms with E-state index in [2.05, 4.69) is 4.98 Å². The van der Waals surface area contributed by atoms with Gasteiger partial charge in [0.25, 0.3) is 6.43 Å². The van der Waals surface area contributed by atoms with Gasteiger partial charge in [-0.05, 0) is 6.07 Å². The highest BCUT2D eigenvalue weighted by Gasteiger charge is 2.18. The Bertz CT molecular complexity index is 387. The van der Waals surface area contributed by atoms with Crippen molar-refractivity contribution in [2.75, 3.05) is 0 Å². The number of halogens is 4. The molecule has 0 radical (unpaired) electrons. The summed E-state index contributed by atoms with van der Waals surface area (Å²) >= 11 is 5.31. The fraction of sp³-hybridized carbons (Fsp3) is 0.250. The summed E-state index contributed by atoms with van der Waals surface area (Å²) in [6.07, 6.45) is -2.91. The Labute approximate surface area is 82.9 Å². The van der Waals surface area contributed by atoms with Crippen LogP contribution in [0.5, 0.6) is 0 Å². The quantitative estimate of drug-likeness (QED) is 0.568. The van der Waals surface area contributed by atoms with E-state index in [9.17, 15) is 13.2 Å². The number of hydrogen-bond donors (Lipinski definition) is 0. The highest BCUT2D eigenvalue weighted by molar-refractivity contribution is 6.16. The van der Waals surface area contributed by atoms with Crippen molar-refractivity contribution in [3.05, 3.63) is 28.8 Å². The molecule has 0 aromatic carbocycles. The largest absolute Gasteiger partial charge is 0.265 e. The van der Waals surface area contributed by atoms with Crippen LogP contribution in [0.25, 0.3) is 0 Å². The van der Waals surface area contributed by atoms with Crippen molar-refractivity contribution in [2.24, 2.45) is 0 Å². The summed E-state index contributed by atoms with van der Waals surface area (Å²) in [5, 5.41) is 8.42. The maximum atomic E-state index is 12.9. The minimum absolute atomic E-state index is 0.0153. The zero-order valence-corrected chi connectivity index (χ0v) is 7.52. The van der Waals surface area contributed by atoms with Gasteiger partial charge in [-0.2, -0.15) is 9.65 Å². The third-order valence-corrected chi connectivity index (χ3v) is 1.82. The number of aromatic nitrogens is 1. The standard InChI is InChI=1S/C8H4ClF3N2/c9-2-4-1-5(7(10)11)6(3-13)8(12)14-4/h1,7H,2H2. The van der Waals surface area contributed by atoms with Crippen molar-refractivity contribution in [1.82, 2.24) is 4.98 Å². The van der Waals surface area contributed by atoms with Crippen molar-refractivity contribution >= 4 is 11.6 Å². The third-order valence-electron chi connectivity index (χ3n) is 1.54.